The molecule has 0 atom stereocenters. The molecule has 0 bridgehead atoms. The number of ether oxygens (including phenoxy) is 2. The van der Waals surface area contributed by atoms with Crippen LogP contribution in [0.5, 0.6) is 11.5 Å². The molecule has 2 amide bonds. The molecule has 0 unspecified atom stereocenters. The number of rotatable bonds is 8. The average Bonchev–Trinajstić information content (AvgIpc) is 3.11. The Balaban J connectivity index is 1.88. The van der Waals surface area contributed by atoms with Gasteiger partial charge in [-0.05, 0) is 44.2 Å². The Morgan fingerprint density at radius 3 is 2.60 bits per heavy atom. The zero-order valence-electron chi connectivity index (χ0n) is 14.5. The third-order valence-electron chi connectivity index (χ3n) is 3.24. The summed E-state index contributed by atoms with van der Waals surface area (Å²) in [4.78, 5) is 23.9. The Kier molecular flexibility index (Phi) is 6.45. The first-order chi connectivity index (χ1) is 12.0. The summed E-state index contributed by atoms with van der Waals surface area (Å²) in [5.41, 5.74) is 0.381. The number of hydrogen-bond acceptors (Lipinski definition) is 5. The summed E-state index contributed by atoms with van der Waals surface area (Å²) in [6.07, 6.45) is 1.52. The minimum atomic E-state index is -0.373. The van der Waals surface area contributed by atoms with Gasteiger partial charge in [0, 0.05) is 5.56 Å². The van der Waals surface area contributed by atoms with Gasteiger partial charge >= 0.3 is 0 Å². The van der Waals surface area contributed by atoms with Gasteiger partial charge in [0.25, 0.3) is 5.91 Å². The zero-order valence-corrected chi connectivity index (χ0v) is 14.5. The number of hydrogen-bond donors (Lipinski definition) is 2. The lowest BCUT2D eigenvalue weighted by Gasteiger charge is -2.14. The number of benzene rings is 1. The van der Waals surface area contributed by atoms with E-state index < -0.39 is 0 Å². The molecule has 2 rings (SSSR count). The normalized spacial score (nSPS) is 10.4. The molecular formula is C18H22N2O5. The van der Waals surface area contributed by atoms with Crippen molar-refractivity contribution >= 4 is 11.8 Å². The van der Waals surface area contributed by atoms with Crippen LogP contribution in [-0.2, 0) is 11.3 Å². The highest BCUT2D eigenvalue weighted by Gasteiger charge is 2.13. The third kappa shape index (κ3) is 5.56. The molecule has 0 aliphatic carbocycles. The summed E-state index contributed by atoms with van der Waals surface area (Å²) < 4.78 is 16.0. The van der Waals surface area contributed by atoms with Crippen LogP contribution < -0.4 is 20.1 Å². The van der Waals surface area contributed by atoms with Crippen molar-refractivity contribution < 1.29 is 23.5 Å². The molecule has 2 N–H and O–H groups in total. The molecule has 1 aromatic heterocycles. The second kappa shape index (κ2) is 8.77. The fourth-order valence-corrected chi connectivity index (χ4v) is 2.08. The number of carbonyl (C=O) groups excluding carboxylic acids is 2. The van der Waals surface area contributed by atoms with Crippen molar-refractivity contribution in [3.05, 3.63) is 47.9 Å². The topological polar surface area (TPSA) is 89.8 Å². The number of furan rings is 1. The fourth-order valence-electron chi connectivity index (χ4n) is 2.08. The molecule has 0 spiro atoms. The van der Waals surface area contributed by atoms with Crippen LogP contribution >= 0.6 is 0 Å². The predicted octanol–water partition coefficient (Wildman–Crippen LogP) is 2.12. The molecule has 0 saturated carbocycles. The molecule has 2 aromatic rings. The quantitative estimate of drug-likeness (QED) is 0.764. The van der Waals surface area contributed by atoms with Crippen molar-refractivity contribution in [3.63, 3.8) is 0 Å². The summed E-state index contributed by atoms with van der Waals surface area (Å²) >= 11 is 0. The first-order valence-corrected chi connectivity index (χ1v) is 7.91. The van der Waals surface area contributed by atoms with E-state index in [0.717, 1.165) is 0 Å². The van der Waals surface area contributed by atoms with Crippen molar-refractivity contribution in [2.75, 3.05) is 13.7 Å². The van der Waals surface area contributed by atoms with Crippen LogP contribution in [0.4, 0.5) is 0 Å². The molecule has 134 valence electrons. The summed E-state index contributed by atoms with van der Waals surface area (Å²) in [7, 11) is 1.51. The molecule has 7 heteroatoms. The standard InChI is InChI=1S/C18H22N2O5/c1-12(2)25-15-7-6-13(9-16(15)23-3)18(22)20-11-17(21)19-10-14-5-4-8-24-14/h4-9,12H,10-11H2,1-3H3,(H,19,21)(H,20,22). The van der Waals surface area contributed by atoms with E-state index in [2.05, 4.69) is 10.6 Å². The zero-order chi connectivity index (χ0) is 18.2. The number of nitrogens with one attached hydrogen (secondary N) is 2. The van der Waals surface area contributed by atoms with Crippen molar-refractivity contribution in [1.29, 1.82) is 0 Å². The van der Waals surface area contributed by atoms with Gasteiger partial charge in [0.1, 0.15) is 5.76 Å². The van der Waals surface area contributed by atoms with Crippen molar-refractivity contribution in [3.8, 4) is 11.5 Å². The Morgan fingerprint density at radius 2 is 1.96 bits per heavy atom. The van der Waals surface area contributed by atoms with E-state index in [1.165, 1.54) is 13.4 Å². The van der Waals surface area contributed by atoms with Gasteiger partial charge in [0.2, 0.25) is 5.91 Å². The van der Waals surface area contributed by atoms with Crippen LogP contribution in [0.25, 0.3) is 0 Å². The lowest BCUT2D eigenvalue weighted by molar-refractivity contribution is -0.120. The number of amides is 2. The lowest BCUT2D eigenvalue weighted by Crippen LogP contribution is -2.36. The molecule has 0 saturated heterocycles. The lowest BCUT2D eigenvalue weighted by atomic mass is 10.2. The van der Waals surface area contributed by atoms with Crippen molar-refractivity contribution in [2.24, 2.45) is 0 Å². The molecular weight excluding hydrogens is 324 g/mol. The molecule has 25 heavy (non-hydrogen) atoms. The van der Waals surface area contributed by atoms with Gasteiger partial charge in [-0.2, -0.15) is 0 Å². The fraction of sp³-hybridized carbons (Fsp3) is 0.333. The van der Waals surface area contributed by atoms with Gasteiger partial charge in [-0.25, -0.2) is 0 Å². The SMILES string of the molecule is COc1cc(C(=O)NCC(=O)NCc2ccco2)ccc1OC(C)C. The van der Waals surface area contributed by atoms with Crippen LogP contribution in [0.1, 0.15) is 30.0 Å². The van der Waals surface area contributed by atoms with Gasteiger partial charge in [-0.1, -0.05) is 0 Å². The van der Waals surface area contributed by atoms with E-state index in [9.17, 15) is 9.59 Å². The maximum absolute atomic E-state index is 12.2. The Morgan fingerprint density at radius 1 is 1.16 bits per heavy atom. The molecule has 0 fully saturated rings. The molecule has 0 radical (unpaired) electrons. The summed E-state index contributed by atoms with van der Waals surface area (Å²) in [5.74, 6) is 0.984. The molecule has 1 aromatic carbocycles. The smallest absolute Gasteiger partial charge is 0.251 e. The Labute approximate surface area is 146 Å². The molecule has 1 heterocycles. The highest BCUT2D eigenvalue weighted by atomic mass is 16.5. The van der Waals surface area contributed by atoms with Gasteiger partial charge < -0.3 is 24.5 Å². The number of methoxy groups -OCH3 is 1. The summed E-state index contributed by atoms with van der Waals surface area (Å²) in [6, 6.07) is 8.37. The monoisotopic (exact) mass is 346 g/mol. The van der Waals surface area contributed by atoms with Crippen molar-refractivity contribution in [2.45, 2.75) is 26.5 Å². The van der Waals surface area contributed by atoms with E-state index in [1.807, 2.05) is 13.8 Å². The first-order valence-electron chi connectivity index (χ1n) is 7.91. The second-order valence-corrected chi connectivity index (χ2v) is 5.57. The summed E-state index contributed by atoms with van der Waals surface area (Å²) in [6.45, 7) is 3.95. The molecule has 0 aliphatic heterocycles. The number of carbonyl (C=O) groups is 2. The van der Waals surface area contributed by atoms with E-state index in [1.54, 1.807) is 30.3 Å². The predicted molar refractivity (Wildman–Crippen MR) is 91.6 cm³/mol. The molecule has 7 nitrogen and oxygen atoms in total. The second-order valence-electron chi connectivity index (χ2n) is 5.57. The average molecular weight is 346 g/mol. The van der Waals surface area contributed by atoms with Crippen LogP contribution in [0, 0.1) is 0 Å². The minimum Gasteiger partial charge on any atom is -0.493 e. The van der Waals surface area contributed by atoms with Gasteiger partial charge in [-0.3, -0.25) is 9.59 Å². The highest BCUT2D eigenvalue weighted by molar-refractivity contribution is 5.97. The van der Waals surface area contributed by atoms with Crippen LogP contribution in [0.15, 0.2) is 41.0 Å². The largest absolute Gasteiger partial charge is 0.493 e. The van der Waals surface area contributed by atoms with Crippen molar-refractivity contribution in [1.82, 2.24) is 10.6 Å². The van der Waals surface area contributed by atoms with E-state index in [4.69, 9.17) is 13.9 Å². The minimum absolute atomic E-state index is 0.00793. The van der Waals surface area contributed by atoms with E-state index in [-0.39, 0.29) is 31.0 Å². The maximum atomic E-state index is 12.2. The maximum Gasteiger partial charge on any atom is 0.251 e. The Bertz CT molecular complexity index is 710. The highest BCUT2D eigenvalue weighted by Crippen LogP contribution is 2.28. The molecule has 0 aliphatic rings. The van der Waals surface area contributed by atoms with Gasteiger partial charge in [-0.15, -0.1) is 0 Å². The van der Waals surface area contributed by atoms with Gasteiger partial charge in [0.05, 0.1) is 32.6 Å². The van der Waals surface area contributed by atoms with Crippen LogP contribution in [-0.4, -0.2) is 31.6 Å². The first kappa shape index (κ1) is 18.4. The van der Waals surface area contributed by atoms with Crippen LogP contribution in [0.2, 0.25) is 0 Å². The van der Waals surface area contributed by atoms with Gasteiger partial charge in [0.15, 0.2) is 11.5 Å². The van der Waals surface area contributed by atoms with E-state index in [0.29, 0.717) is 22.8 Å². The van der Waals surface area contributed by atoms with Crippen LogP contribution in [0.3, 0.4) is 0 Å². The Hall–Kier alpha value is -2.96. The summed E-state index contributed by atoms with van der Waals surface area (Å²) in [5, 5.41) is 5.22. The third-order valence-corrected chi connectivity index (χ3v) is 3.24. The van der Waals surface area contributed by atoms with E-state index >= 15 is 0 Å².